The largest absolute Gasteiger partial charge is 0.380 e. The minimum Gasteiger partial charge on any atom is -0.380 e. The highest BCUT2D eigenvalue weighted by Gasteiger charge is 2.19. The van der Waals surface area contributed by atoms with Gasteiger partial charge in [-0.3, -0.25) is 0 Å². The third kappa shape index (κ3) is 2.29. The smallest absolute Gasteiger partial charge is 0.0513 e. The molecule has 1 unspecified atom stereocenters. The zero-order chi connectivity index (χ0) is 10.7. The second kappa shape index (κ2) is 4.90. The Kier molecular flexibility index (Phi) is 3.54. The number of anilines is 1. The fraction of sp³-hybridized carbons (Fsp3) is 0.500. The molecule has 3 heteroatoms. The average molecular weight is 222 g/mol. The Hall–Kier alpha value is -0.670. The highest BCUT2D eigenvalue weighted by atomic mass is 32.2. The lowest BCUT2D eigenvalue weighted by molar-refractivity contribution is 0.716. The van der Waals surface area contributed by atoms with Gasteiger partial charge >= 0.3 is 0 Å². The molecule has 1 aliphatic rings. The van der Waals surface area contributed by atoms with Crippen LogP contribution in [0.15, 0.2) is 23.1 Å². The van der Waals surface area contributed by atoms with Gasteiger partial charge in [0.2, 0.25) is 0 Å². The molecule has 0 spiro atoms. The molecule has 1 aliphatic heterocycles. The summed E-state index contributed by atoms with van der Waals surface area (Å²) >= 11 is 1.95. The number of nitrogens with one attached hydrogen (secondary N) is 1. The van der Waals surface area contributed by atoms with Crippen molar-refractivity contribution in [2.24, 2.45) is 5.73 Å². The van der Waals surface area contributed by atoms with Crippen molar-refractivity contribution < 1.29 is 0 Å². The fourth-order valence-corrected chi connectivity index (χ4v) is 3.09. The van der Waals surface area contributed by atoms with Crippen LogP contribution in [-0.2, 0) is 6.42 Å². The normalized spacial score (nSPS) is 19.5. The Morgan fingerprint density at radius 3 is 3.13 bits per heavy atom. The van der Waals surface area contributed by atoms with Crippen molar-refractivity contribution in [3.05, 3.63) is 23.8 Å². The summed E-state index contributed by atoms with van der Waals surface area (Å²) in [5, 5.41) is 3.62. The van der Waals surface area contributed by atoms with E-state index in [1.165, 1.54) is 16.1 Å². The molecule has 0 aromatic heterocycles. The summed E-state index contributed by atoms with van der Waals surface area (Å²) in [6, 6.07) is 7.10. The van der Waals surface area contributed by atoms with Crippen LogP contribution in [0.2, 0.25) is 0 Å². The van der Waals surface area contributed by atoms with Gasteiger partial charge in [-0.2, -0.15) is 0 Å². The van der Waals surface area contributed by atoms with Gasteiger partial charge in [-0.25, -0.2) is 0 Å². The van der Waals surface area contributed by atoms with Gasteiger partial charge in [0.15, 0.2) is 0 Å². The molecule has 82 valence electrons. The maximum Gasteiger partial charge on any atom is 0.0513 e. The highest BCUT2D eigenvalue weighted by Crippen LogP contribution is 2.36. The molecule has 0 bridgehead atoms. The molecule has 1 heterocycles. The van der Waals surface area contributed by atoms with Gasteiger partial charge in [0.05, 0.1) is 5.69 Å². The minimum absolute atomic E-state index is 0.542. The number of nitrogens with two attached hydrogens (primary N) is 1. The maximum atomic E-state index is 5.60. The molecule has 0 fully saturated rings. The van der Waals surface area contributed by atoms with E-state index in [0.717, 1.165) is 25.1 Å². The first-order chi connectivity index (χ1) is 7.35. The lowest BCUT2D eigenvalue weighted by Gasteiger charge is -2.28. The van der Waals surface area contributed by atoms with E-state index >= 15 is 0 Å². The minimum atomic E-state index is 0.542. The number of hydrogen-bond acceptors (Lipinski definition) is 3. The van der Waals surface area contributed by atoms with Crippen LogP contribution in [0.1, 0.15) is 18.9 Å². The topological polar surface area (TPSA) is 38.0 Å². The van der Waals surface area contributed by atoms with Gasteiger partial charge in [-0.05, 0) is 31.0 Å². The summed E-state index contributed by atoms with van der Waals surface area (Å²) in [5.41, 5.74) is 8.36. The van der Waals surface area contributed by atoms with Crippen LogP contribution in [0.3, 0.4) is 0 Å². The van der Waals surface area contributed by atoms with Crippen LogP contribution in [0, 0.1) is 0 Å². The molecule has 0 saturated carbocycles. The van der Waals surface area contributed by atoms with Crippen molar-refractivity contribution >= 4 is 17.4 Å². The number of aryl methyl sites for hydroxylation is 1. The lowest BCUT2D eigenvalue weighted by Crippen LogP contribution is -2.29. The van der Waals surface area contributed by atoms with Crippen molar-refractivity contribution in [2.45, 2.75) is 30.7 Å². The van der Waals surface area contributed by atoms with Crippen molar-refractivity contribution in [2.75, 3.05) is 17.6 Å². The first-order valence-corrected chi connectivity index (χ1v) is 6.55. The molecular weight excluding hydrogens is 204 g/mol. The molecule has 1 aromatic rings. The molecule has 0 saturated heterocycles. The number of benzene rings is 1. The highest BCUT2D eigenvalue weighted by molar-refractivity contribution is 7.99. The van der Waals surface area contributed by atoms with Crippen LogP contribution in [0.5, 0.6) is 0 Å². The van der Waals surface area contributed by atoms with Gasteiger partial charge in [-0.1, -0.05) is 19.1 Å². The monoisotopic (exact) mass is 222 g/mol. The van der Waals surface area contributed by atoms with E-state index in [9.17, 15) is 0 Å². The molecule has 0 amide bonds. The number of rotatable bonds is 3. The number of fused-ring (bicyclic) bond motifs is 1. The zero-order valence-electron chi connectivity index (χ0n) is 9.12. The SMILES string of the molecule is CCc1cccc2c1NC(CCN)CS2. The molecule has 15 heavy (non-hydrogen) atoms. The van der Waals surface area contributed by atoms with E-state index in [4.69, 9.17) is 5.73 Å². The van der Waals surface area contributed by atoms with E-state index in [1.54, 1.807) is 0 Å². The van der Waals surface area contributed by atoms with Crippen LogP contribution in [0.4, 0.5) is 5.69 Å². The van der Waals surface area contributed by atoms with Crippen LogP contribution >= 0.6 is 11.8 Å². The van der Waals surface area contributed by atoms with E-state index in [0.29, 0.717) is 6.04 Å². The molecule has 0 aliphatic carbocycles. The predicted molar refractivity (Wildman–Crippen MR) is 67.6 cm³/mol. The summed E-state index contributed by atoms with van der Waals surface area (Å²) in [4.78, 5) is 1.39. The third-order valence-electron chi connectivity index (χ3n) is 2.80. The summed E-state index contributed by atoms with van der Waals surface area (Å²) < 4.78 is 0. The summed E-state index contributed by atoms with van der Waals surface area (Å²) in [5.74, 6) is 1.14. The van der Waals surface area contributed by atoms with Crippen molar-refractivity contribution in [1.29, 1.82) is 0 Å². The van der Waals surface area contributed by atoms with Crippen LogP contribution in [-0.4, -0.2) is 18.3 Å². The third-order valence-corrected chi connectivity index (χ3v) is 4.02. The van der Waals surface area contributed by atoms with Crippen molar-refractivity contribution in [3.8, 4) is 0 Å². The first-order valence-electron chi connectivity index (χ1n) is 5.56. The maximum absolute atomic E-state index is 5.60. The Morgan fingerprint density at radius 1 is 1.53 bits per heavy atom. The molecule has 1 aromatic carbocycles. The molecule has 2 rings (SSSR count). The van der Waals surface area contributed by atoms with Crippen molar-refractivity contribution in [3.63, 3.8) is 0 Å². The Balaban J connectivity index is 2.22. The van der Waals surface area contributed by atoms with Gasteiger partial charge in [0.1, 0.15) is 0 Å². The Bertz CT molecular complexity index is 324. The Morgan fingerprint density at radius 2 is 2.40 bits per heavy atom. The van der Waals surface area contributed by atoms with Gasteiger partial charge in [0, 0.05) is 16.7 Å². The summed E-state index contributed by atoms with van der Waals surface area (Å²) in [6.07, 6.45) is 2.15. The quantitative estimate of drug-likeness (QED) is 0.825. The Labute approximate surface area is 95.6 Å². The van der Waals surface area contributed by atoms with Crippen LogP contribution in [0.25, 0.3) is 0 Å². The van der Waals surface area contributed by atoms with E-state index < -0.39 is 0 Å². The molecule has 0 radical (unpaired) electrons. The molecule has 1 atom stereocenters. The number of para-hydroxylation sites is 1. The van der Waals surface area contributed by atoms with Gasteiger partial charge < -0.3 is 11.1 Å². The zero-order valence-corrected chi connectivity index (χ0v) is 9.94. The van der Waals surface area contributed by atoms with Crippen LogP contribution < -0.4 is 11.1 Å². The second-order valence-electron chi connectivity index (χ2n) is 3.87. The first kappa shape index (κ1) is 10.8. The average Bonchev–Trinajstić information content (AvgIpc) is 2.28. The number of thioether (sulfide) groups is 1. The van der Waals surface area contributed by atoms with E-state index in [-0.39, 0.29) is 0 Å². The standard InChI is InChI=1S/C12H18N2S/c1-2-9-4-3-5-11-12(9)14-10(6-7-13)8-15-11/h3-5,10,14H,2,6-8,13H2,1H3. The second-order valence-corrected chi connectivity index (χ2v) is 4.94. The molecule has 3 N–H and O–H groups in total. The lowest BCUT2D eigenvalue weighted by atomic mass is 10.1. The van der Waals surface area contributed by atoms with E-state index in [1.807, 2.05) is 11.8 Å². The summed E-state index contributed by atoms with van der Waals surface area (Å²) in [6.45, 7) is 2.97. The number of hydrogen-bond donors (Lipinski definition) is 2. The molecule has 2 nitrogen and oxygen atoms in total. The fourth-order valence-electron chi connectivity index (χ4n) is 1.95. The van der Waals surface area contributed by atoms with E-state index in [2.05, 4.69) is 30.4 Å². The van der Waals surface area contributed by atoms with Crippen molar-refractivity contribution in [1.82, 2.24) is 0 Å². The summed E-state index contributed by atoms with van der Waals surface area (Å²) in [7, 11) is 0. The predicted octanol–water partition coefficient (Wildman–Crippen LogP) is 2.48. The molecular formula is C12H18N2S. The van der Waals surface area contributed by atoms with Gasteiger partial charge in [0.25, 0.3) is 0 Å². The van der Waals surface area contributed by atoms with Gasteiger partial charge in [-0.15, -0.1) is 11.8 Å².